The molecule has 0 aliphatic heterocycles. The standard InChI is InChI=1S/C26H20BrClNOP/c27-31(21-10-4-1-5-11-21,22-12-6-2-7-13-22,23-14-8-3-9-15-23)19-20-16-17-25-26(29-20)24(28)18-30-25/h1-18H,19H2. The Morgan fingerprint density at radius 2 is 1.19 bits per heavy atom. The summed E-state index contributed by atoms with van der Waals surface area (Å²) in [5, 5.41) is 1.21. The van der Waals surface area contributed by atoms with E-state index in [2.05, 4.69) is 106 Å². The fourth-order valence-electron chi connectivity index (χ4n) is 4.25. The Labute approximate surface area is 194 Å². The molecule has 5 rings (SSSR count). The fraction of sp³-hybridized carbons (Fsp3) is 0.0385. The van der Waals surface area contributed by atoms with Crippen molar-refractivity contribution in [1.29, 1.82) is 0 Å². The number of furan rings is 1. The first-order valence-electron chi connectivity index (χ1n) is 10.0. The van der Waals surface area contributed by atoms with Crippen LogP contribution in [0.4, 0.5) is 0 Å². The van der Waals surface area contributed by atoms with Crippen LogP contribution in [0.5, 0.6) is 0 Å². The zero-order chi connectivity index (χ0) is 21.3. The molecule has 0 atom stereocenters. The van der Waals surface area contributed by atoms with E-state index in [0.29, 0.717) is 22.3 Å². The molecule has 0 amide bonds. The van der Waals surface area contributed by atoms with Crippen molar-refractivity contribution in [3.63, 3.8) is 0 Å². The molecule has 3 aromatic carbocycles. The predicted octanol–water partition coefficient (Wildman–Crippen LogP) is 6.82. The van der Waals surface area contributed by atoms with E-state index in [1.54, 1.807) is 6.26 Å². The third kappa shape index (κ3) is 3.32. The molecule has 0 unspecified atom stereocenters. The minimum atomic E-state index is -3.09. The van der Waals surface area contributed by atoms with Crippen LogP contribution in [0, 0.1) is 0 Å². The van der Waals surface area contributed by atoms with Gasteiger partial charge in [-0.25, -0.2) is 0 Å². The first kappa shape index (κ1) is 20.5. The van der Waals surface area contributed by atoms with Crippen LogP contribution in [-0.4, -0.2) is 4.98 Å². The van der Waals surface area contributed by atoms with Crippen LogP contribution in [0.15, 0.2) is 114 Å². The van der Waals surface area contributed by atoms with Gasteiger partial charge in [-0.2, -0.15) is 0 Å². The van der Waals surface area contributed by atoms with Crippen molar-refractivity contribution in [3.8, 4) is 0 Å². The van der Waals surface area contributed by atoms with Gasteiger partial charge in [0.15, 0.2) is 0 Å². The zero-order valence-corrected chi connectivity index (χ0v) is 19.9. The van der Waals surface area contributed by atoms with E-state index >= 15 is 0 Å². The van der Waals surface area contributed by atoms with Crippen LogP contribution >= 0.6 is 32.4 Å². The number of hydrogen-bond acceptors (Lipinski definition) is 2. The van der Waals surface area contributed by atoms with Gasteiger partial charge in [0.25, 0.3) is 0 Å². The van der Waals surface area contributed by atoms with Crippen molar-refractivity contribution in [1.82, 2.24) is 4.98 Å². The number of halogens is 2. The first-order chi connectivity index (χ1) is 15.1. The Balaban J connectivity index is 1.84. The normalized spacial score (nSPS) is 13.0. The maximum atomic E-state index is 6.34. The molecule has 5 aromatic rings. The van der Waals surface area contributed by atoms with Crippen LogP contribution < -0.4 is 15.9 Å². The summed E-state index contributed by atoms with van der Waals surface area (Å²) in [5.74, 6) is 0. The monoisotopic (exact) mass is 507 g/mol. The van der Waals surface area contributed by atoms with Gasteiger partial charge in [0.1, 0.15) is 0 Å². The third-order valence-electron chi connectivity index (χ3n) is 5.77. The molecule has 0 fully saturated rings. The number of pyridine rings is 1. The van der Waals surface area contributed by atoms with Crippen molar-refractivity contribution in [2.75, 3.05) is 0 Å². The van der Waals surface area contributed by atoms with Gasteiger partial charge in [-0.1, -0.05) is 0 Å². The van der Waals surface area contributed by atoms with Gasteiger partial charge < -0.3 is 0 Å². The molecular weight excluding hydrogens is 489 g/mol. The quantitative estimate of drug-likeness (QED) is 0.243. The second kappa shape index (κ2) is 7.91. The SMILES string of the molecule is Clc1coc2ccc(CP(Br)(c3ccccc3)(c3ccccc3)c3ccccc3)nc12. The summed E-state index contributed by atoms with van der Waals surface area (Å²) < 4.78 is 5.52. The van der Waals surface area contributed by atoms with E-state index < -0.39 is 5.31 Å². The van der Waals surface area contributed by atoms with Crippen LogP contribution in [0.1, 0.15) is 5.69 Å². The molecule has 0 radical (unpaired) electrons. The topological polar surface area (TPSA) is 26.0 Å². The molecule has 31 heavy (non-hydrogen) atoms. The van der Waals surface area contributed by atoms with Gasteiger partial charge in [0, 0.05) is 0 Å². The number of rotatable bonds is 5. The van der Waals surface area contributed by atoms with E-state index in [4.69, 9.17) is 21.0 Å². The van der Waals surface area contributed by atoms with E-state index in [1.165, 1.54) is 15.9 Å². The summed E-state index contributed by atoms with van der Waals surface area (Å²) in [7, 11) is 0. The number of hydrogen-bond donors (Lipinski definition) is 0. The summed E-state index contributed by atoms with van der Waals surface area (Å²) in [6.07, 6.45) is 2.25. The summed E-state index contributed by atoms with van der Waals surface area (Å²) in [6.45, 7) is 0. The Morgan fingerprint density at radius 3 is 1.68 bits per heavy atom. The molecule has 2 aromatic heterocycles. The molecule has 154 valence electrons. The summed E-state index contributed by atoms with van der Waals surface area (Å²) in [5.41, 5.74) is 2.36. The average molecular weight is 509 g/mol. The molecule has 0 aliphatic rings. The van der Waals surface area contributed by atoms with Gasteiger partial charge in [0.05, 0.1) is 0 Å². The Kier molecular flexibility index (Phi) is 5.22. The van der Waals surface area contributed by atoms with Gasteiger partial charge >= 0.3 is 195 Å². The second-order valence-corrected chi connectivity index (χ2v) is 16.9. The minimum absolute atomic E-state index is 0.533. The molecule has 0 aliphatic carbocycles. The number of nitrogens with zero attached hydrogens (tertiary/aromatic N) is 1. The average Bonchev–Trinajstić information content (AvgIpc) is 3.21. The van der Waals surface area contributed by atoms with Gasteiger partial charge in [-0.3, -0.25) is 0 Å². The molecule has 0 spiro atoms. The molecule has 2 nitrogen and oxygen atoms in total. The molecule has 0 bridgehead atoms. The Morgan fingerprint density at radius 1 is 0.710 bits per heavy atom. The van der Waals surface area contributed by atoms with E-state index in [9.17, 15) is 0 Å². The van der Waals surface area contributed by atoms with E-state index in [0.717, 1.165) is 5.69 Å². The van der Waals surface area contributed by atoms with Crippen LogP contribution in [0.2, 0.25) is 5.02 Å². The molecule has 2 heterocycles. The van der Waals surface area contributed by atoms with Gasteiger partial charge in [-0.15, -0.1) is 0 Å². The molecule has 0 saturated heterocycles. The van der Waals surface area contributed by atoms with Crippen molar-refractivity contribution in [2.45, 2.75) is 6.16 Å². The van der Waals surface area contributed by atoms with Crippen LogP contribution in [0.25, 0.3) is 11.1 Å². The first-order valence-corrected chi connectivity index (χ1v) is 14.8. The summed E-state index contributed by atoms with van der Waals surface area (Å²) in [6, 6.07) is 36.1. The maximum absolute atomic E-state index is 6.34. The zero-order valence-electron chi connectivity index (χ0n) is 16.7. The van der Waals surface area contributed by atoms with Crippen LogP contribution in [0.3, 0.4) is 0 Å². The van der Waals surface area contributed by atoms with Gasteiger partial charge in [0.2, 0.25) is 0 Å². The summed E-state index contributed by atoms with van der Waals surface area (Å²) >= 11 is 10.8. The molecular formula is C26H20BrClNOP. The number of benzene rings is 3. The summed E-state index contributed by atoms with van der Waals surface area (Å²) in [4.78, 5) is 4.92. The second-order valence-electron chi connectivity index (χ2n) is 7.58. The molecule has 0 N–H and O–H groups in total. The van der Waals surface area contributed by atoms with Crippen LogP contribution in [-0.2, 0) is 6.16 Å². The third-order valence-corrected chi connectivity index (χ3v) is 15.5. The van der Waals surface area contributed by atoms with Crippen molar-refractivity contribution < 1.29 is 4.42 Å². The number of aromatic nitrogens is 1. The van der Waals surface area contributed by atoms with E-state index in [-0.39, 0.29) is 0 Å². The van der Waals surface area contributed by atoms with Gasteiger partial charge in [-0.05, 0) is 0 Å². The molecule has 5 heteroatoms. The number of fused-ring (bicyclic) bond motifs is 1. The fourth-order valence-corrected chi connectivity index (χ4v) is 11.9. The Hall–Kier alpha value is -2.45. The van der Waals surface area contributed by atoms with Crippen molar-refractivity contribution in [2.24, 2.45) is 0 Å². The Bertz CT molecular complexity index is 1240. The molecule has 0 saturated carbocycles. The predicted molar refractivity (Wildman–Crippen MR) is 137 cm³/mol. The van der Waals surface area contributed by atoms with E-state index in [1.807, 2.05) is 12.1 Å². The van der Waals surface area contributed by atoms with Crippen molar-refractivity contribution in [3.05, 3.63) is 120 Å². The van der Waals surface area contributed by atoms with Crippen molar-refractivity contribution >= 4 is 59.4 Å².